The van der Waals surface area contributed by atoms with Crippen molar-refractivity contribution in [2.24, 2.45) is 0 Å². The van der Waals surface area contributed by atoms with Crippen LogP contribution in [0.25, 0.3) is 21.9 Å². The summed E-state index contributed by atoms with van der Waals surface area (Å²) in [7, 11) is 2.12. The van der Waals surface area contributed by atoms with Gasteiger partial charge in [-0.05, 0) is 70.1 Å². The molecule has 1 N–H and O–H groups in total. The first-order valence-electron chi connectivity index (χ1n) is 11.4. The van der Waals surface area contributed by atoms with E-state index in [0.717, 1.165) is 59.1 Å². The van der Waals surface area contributed by atoms with E-state index in [1.165, 1.54) is 0 Å². The molecule has 0 aliphatic carbocycles. The van der Waals surface area contributed by atoms with Gasteiger partial charge in [0.25, 0.3) is 0 Å². The molecule has 2 aromatic heterocycles. The second-order valence-corrected chi connectivity index (χ2v) is 9.16. The predicted molar refractivity (Wildman–Crippen MR) is 129 cm³/mol. The maximum absolute atomic E-state index is 12.9. The number of H-pyrrole nitrogens is 1. The Morgan fingerprint density at radius 2 is 1.88 bits per heavy atom. The maximum atomic E-state index is 12.9. The molecule has 0 unspecified atom stereocenters. The summed E-state index contributed by atoms with van der Waals surface area (Å²) in [5, 5.41) is 1.77. The third-order valence-electron chi connectivity index (χ3n) is 6.56. The molecule has 0 amide bonds. The minimum atomic E-state index is -0.484. The quantitative estimate of drug-likeness (QED) is 0.354. The van der Waals surface area contributed by atoms with E-state index >= 15 is 0 Å². The molecule has 3 heterocycles. The molecule has 2 aromatic carbocycles. The predicted octanol–water partition coefficient (Wildman–Crippen LogP) is 4.79. The Labute approximate surface area is 192 Å². The zero-order valence-electron chi connectivity index (χ0n) is 19.2. The fourth-order valence-electron chi connectivity index (χ4n) is 4.55. The number of piperidine rings is 1. The molecule has 1 saturated heterocycles. The summed E-state index contributed by atoms with van der Waals surface area (Å²) >= 11 is 0. The van der Waals surface area contributed by atoms with Crippen molar-refractivity contribution in [2.75, 3.05) is 20.1 Å². The van der Waals surface area contributed by atoms with Crippen LogP contribution >= 0.6 is 0 Å². The van der Waals surface area contributed by atoms with Crippen LogP contribution in [-0.2, 0) is 6.42 Å². The van der Waals surface area contributed by atoms with E-state index in [2.05, 4.69) is 16.9 Å². The summed E-state index contributed by atoms with van der Waals surface area (Å²) in [4.78, 5) is 31.1. The average Bonchev–Trinajstić information content (AvgIpc) is 3.22. The molecule has 6 nitrogen and oxygen atoms in total. The molecule has 0 atom stereocenters. The summed E-state index contributed by atoms with van der Waals surface area (Å²) in [5.41, 5.74) is 3.73. The number of aromatic amines is 1. The van der Waals surface area contributed by atoms with Gasteiger partial charge in [-0.25, -0.2) is 4.79 Å². The number of ether oxygens (including phenoxy) is 1. The summed E-state index contributed by atoms with van der Waals surface area (Å²) < 4.78 is 11.9. The standard InChI is InChI=1S/C27H28N2O4/c1-16-4-6-22-19(12-16)14-23(28-22)24(30)15-20-13-18-5-7-25(17(2)26(18)33-27(20)31)32-21-8-10-29(3)11-9-21/h4-7,12-14,21,28H,8-11,15H2,1-3H3. The van der Waals surface area contributed by atoms with Crippen LogP contribution < -0.4 is 10.4 Å². The van der Waals surface area contributed by atoms with Crippen LogP contribution in [-0.4, -0.2) is 41.9 Å². The average molecular weight is 445 g/mol. The minimum absolute atomic E-state index is 0.0169. The Bertz CT molecular complexity index is 1410. The number of carbonyl (C=O) groups excluding carboxylic acids is 1. The van der Waals surface area contributed by atoms with E-state index in [-0.39, 0.29) is 18.3 Å². The minimum Gasteiger partial charge on any atom is -0.490 e. The lowest BCUT2D eigenvalue weighted by Gasteiger charge is -2.29. The van der Waals surface area contributed by atoms with Crippen LogP contribution in [0.1, 0.15) is 40.0 Å². The van der Waals surface area contributed by atoms with Gasteiger partial charge in [-0.15, -0.1) is 0 Å². The topological polar surface area (TPSA) is 75.5 Å². The summed E-state index contributed by atoms with van der Waals surface area (Å²) in [5.74, 6) is 0.604. The van der Waals surface area contributed by atoms with E-state index in [9.17, 15) is 9.59 Å². The van der Waals surface area contributed by atoms with Gasteiger partial charge in [0.2, 0.25) is 0 Å². The van der Waals surface area contributed by atoms with Gasteiger partial charge in [0.1, 0.15) is 17.4 Å². The van der Waals surface area contributed by atoms with Crippen LogP contribution in [0.5, 0.6) is 5.75 Å². The van der Waals surface area contributed by atoms with Crippen molar-refractivity contribution in [2.45, 2.75) is 39.2 Å². The number of hydrogen-bond donors (Lipinski definition) is 1. The number of aromatic nitrogens is 1. The number of hydrogen-bond acceptors (Lipinski definition) is 5. The second-order valence-electron chi connectivity index (χ2n) is 9.16. The van der Waals surface area contributed by atoms with Crippen molar-refractivity contribution < 1.29 is 13.9 Å². The Hall–Kier alpha value is -3.38. The van der Waals surface area contributed by atoms with Gasteiger partial charge >= 0.3 is 5.63 Å². The molecule has 0 bridgehead atoms. The fraction of sp³-hybridized carbons (Fsp3) is 0.333. The molecule has 0 radical (unpaired) electrons. The number of aryl methyl sites for hydroxylation is 2. The Morgan fingerprint density at radius 3 is 2.67 bits per heavy atom. The molecular weight excluding hydrogens is 416 g/mol. The van der Waals surface area contributed by atoms with Crippen molar-refractivity contribution in [3.8, 4) is 5.75 Å². The van der Waals surface area contributed by atoms with Crippen molar-refractivity contribution >= 4 is 27.7 Å². The number of nitrogens with one attached hydrogen (secondary N) is 1. The molecule has 1 aliphatic rings. The number of ketones is 1. The lowest BCUT2D eigenvalue weighted by Crippen LogP contribution is -2.35. The summed E-state index contributed by atoms with van der Waals surface area (Å²) in [6.45, 7) is 5.95. The molecule has 5 rings (SSSR count). The van der Waals surface area contributed by atoms with Gasteiger partial charge in [-0.2, -0.15) is 0 Å². The highest BCUT2D eigenvalue weighted by Crippen LogP contribution is 2.29. The third-order valence-corrected chi connectivity index (χ3v) is 6.56. The summed E-state index contributed by atoms with van der Waals surface area (Å²) in [6, 6.07) is 13.4. The van der Waals surface area contributed by atoms with Gasteiger partial charge in [0.05, 0.1) is 5.69 Å². The van der Waals surface area contributed by atoms with E-state index < -0.39 is 5.63 Å². The molecule has 0 saturated carbocycles. The van der Waals surface area contributed by atoms with Crippen molar-refractivity contribution in [1.82, 2.24) is 9.88 Å². The van der Waals surface area contributed by atoms with Crippen LogP contribution in [0, 0.1) is 13.8 Å². The SMILES string of the molecule is Cc1ccc2[nH]c(C(=O)Cc3cc4ccc(OC5CCN(C)CC5)c(C)c4oc3=O)cc2c1. The lowest BCUT2D eigenvalue weighted by atomic mass is 10.0. The van der Waals surface area contributed by atoms with E-state index in [1.807, 2.05) is 50.2 Å². The number of carbonyl (C=O) groups is 1. The molecule has 6 heteroatoms. The summed E-state index contributed by atoms with van der Waals surface area (Å²) in [6.07, 6.45) is 2.11. The molecule has 1 fully saturated rings. The molecular formula is C27H28N2O4. The Morgan fingerprint density at radius 1 is 1.09 bits per heavy atom. The first kappa shape index (κ1) is 21.5. The van der Waals surface area contributed by atoms with Gasteiger partial charge in [0.15, 0.2) is 5.78 Å². The van der Waals surface area contributed by atoms with Gasteiger partial charge in [0, 0.05) is 46.9 Å². The molecule has 4 aromatic rings. The second kappa shape index (κ2) is 8.52. The van der Waals surface area contributed by atoms with Crippen LogP contribution in [0.2, 0.25) is 0 Å². The van der Waals surface area contributed by atoms with Crippen molar-refractivity contribution in [1.29, 1.82) is 0 Å². The van der Waals surface area contributed by atoms with Gasteiger partial charge < -0.3 is 19.0 Å². The number of fused-ring (bicyclic) bond motifs is 2. The number of Topliss-reactive ketones (excluding diaryl/α,β-unsaturated/α-hetero) is 1. The van der Waals surface area contributed by atoms with Crippen molar-refractivity contribution in [3.05, 3.63) is 75.3 Å². The normalized spacial score (nSPS) is 15.4. The Kier molecular flexibility index (Phi) is 5.54. The highest BCUT2D eigenvalue weighted by molar-refractivity contribution is 6.00. The fourth-order valence-corrected chi connectivity index (χ4v) is 4.55. The van der Waals surface area contributed by atoms with E-state index in [1.54, 1.807) is 6.07 Å². The largest absolute Gasteiger partial charge is 0.490 e. The molecule has 170 valence electrons. The van der Waals surface area contributed by atoms with Crippen LogP contribution in [0.4, 0.5) is 0 Å². The van der Waals surface area contributed by atoms with E-state index in [0.29, 0.717) is 16.8 Å². The maximum Gasteiger partial charge on any atom is 0.339 e. The number of nitrogens with zero attached hydrogens (tertiary/aromatic N) is 1. The Balaban J connectivity index is 1.39. The smallest absolute Gasteiger partial charge is 0.339 e. The lowest BCUT2D eigenvalue weighted by molar-refractivity contribution is 0.0988. The third kappa shape index (κ3) is 4.31. The number of rotatable bonds is 5. The first-order chi connectivity index (χ1) is 15.9. The zero-order valence-corrected chi connectivity index (χ0v) is 19.2. The highest BCUT2D eigenvalue weighted by Gasteiger charge is 2.20. The number of likely N-dealkylation sites (tertiary alicyclic amines) is 1. The molecule has 33 heavy (non-hydrogen) atoms. The highest BCUT2D eigenvalue weighted by atomic mass is 16.5. The van der Waals surface area contributed by atoms with Crippen LogP contribution in [0.15, 0.2) is 51.7 Å². The van der Waals surface area contributed by atoms with Gasteiger partial charge in [-0.1, -0.05) is 11.6 Å². The van der Waals surface area contributed by atoms with Crippen molar-refractivity contribution in [3.63, 3.8) is 0 Å². The molecule has 0 spiro atoms. The van der Waals surface area contributed by atoms with E-state index in [4.69, 9.17) is 9.15 Å². The zero-order chi connectivity index (χ0) is 23.1. The molecule has 1 aliphatic heterocycles. The monoisotopic (exact) mass is 444 g/mol. The van der Waals surface area contributed by atoms with Crippen LogP contribution in [0.3, 0.4) is 0 Å². The first-order valence-corrected chi connectivity index (χ1v) is 11.4. The van der Waals surface area contributed by atoms with Gasteiger partial charge in [-0.3, -0.25) is 4.79 Å². The number of benzene rings is 2.